The Balaban J connectivity index is 1.73. The van der Waals surface area contributed by atoms with E-state index in [2.05, 4.69) is 41.2 Å². The number of aromatic amines is 1. The van der Waals surface area contributed by atoms with Crippen molar-refractivity contribution in [3.05, 3.63) is 26.6 Å². The molecule has 3 rings (SSSR count). The number of rotatable bonds is 6. The summed E-state index contributed by atoms with van der Waals surface area (Å²) in [6.45, 7) is 4.90. The van der Waals surface area contributed by atoms with E-state index in [1.807, 2.05) is 0 Å². The molecule has 0 bridgehead atoms. The number of H-pyrrole nitrogens is 1. The second-order valence-electron chi connectivity index (χ2n) is 6.88. The van der Waals surface area contributed by atoms with Crippen LogP contribution in [0.1, 0.15) is 36.0 Å². The first kappa shape index (κ1) is 16.6. The number of nitrogens with zero attached hydrogens (tertiary/aromatic N) is 2. The normalized spacial score (nSPS) is 17.8. The molecular formula is C17H26N4OS. The van der Waals surface area contributed by atoms with Crippen LogP contribution < -0.4 is 10.9 Å². The molecule has 2 N–H and O–H groups in total. The van der Waals surface area contributed by atoms with E-state index in [4.69, 9.17) is 0 Å². The molecule has 5 nitrogen and oxygen atoms in total. The third-order valence-electron chi connectivity index (χ3n) is 4.47. The minimum atomic E-state index is 0.0344. The molecular weight excluding hydrogens is 308 g/mol. The van der Waals surface area contributed by atoms with E-state index in [0.29, 0.717) is 12.5 Å². The van der Waals surface area contributed by atoms with Crippen LogP contribution >= 0.6 is 11.3 Å². The molecule has 0 spiro atoms. The second-order valence-corrected chi connectivity index (χ2v) is 7.96. The van der Waals surface area contributed by atoms with Gasteiger partial charge in [0.25, 0.3) is 5.56 Å². The number of nitrogens with one attached hydrogen (secondary N) is 2. The maximum Gasteiger partial charge on any atom is 0.259 e. The summed E-state index contributed by atoms with van der Waals surface area (Å²) in [6, 6.07) is 0. The second kappa shape index (κ2) is 7.11. The van der Waals surface area contributed by atoms with Crippen molar-refractivity contribution < 1.29 is 0 Å². The largest absolute Gasteiger partial charge is 0.310 e. The molecule has 0 aromatic carbocycles. The number of aryl methyl sites for hydroxylation is 1. The van der Waals surface area contributed by atoms with Crippen molar-refractivity contribution in [2.24, 2.45) is 5.92 Å². The Hall–Kier alpha value is -1.24. The predicted molar refractivity (Wildman–Crippen MR) is 96.3 cm³/mol. The molecule has 0 aliphatic heterocycles. The minimum Gasteiger partial charge on any atom is -0.310 e. The molecule has 0 saturated carbocycles. The van der Waals surface area contributed by atoms with Crippen molar-refractivity contribution in [1.82, 2.24) is 20.2 Å². The zero-order chi connectivity index (χ0) is 16.4. The summed E-state index contributed by atoms with van der Waals surface area (Å²) >= 11 is 1.71. The van der Waals surface area contributed by atoms with E-state index >= 15 is 0 Å². The van der Waals surface area contributed by atoms with Crippen LogP contribution in [0.25, 0.3) is 10.2 Å². The average Bonchev–Trinajstić information content (AvgIpc) is 2.84. The summed E-state index contributed by atoms with van der Waals surface area (Å²) in [6.07, 6.45) is 4.37. The predicted octanol–water partition coefficient (Wildman–Crippen LogP) is 2.15. The lowest BCUT2D eigenvalue weighted by atomic mass is 9.89. The number of hydrogen-bond donors (Lipinski definition) is 2. The molecule has 1 unspecified atom stereocenters. The molecule has 1 aliphatic rings. The Bertz CT molecular complexity index is 734. The molecule has 126 valence electrons. The highest BCUT2D eigenvalue weighted by Gasteiger charge is 2.22. The number of aromatic nitrogens is 2. The van der Waals surface area contributed by atoms with Gasteiger partial charge >= 0.3 is 0 Å². The van der Waals surface area contributed by atoms with Crippen molar-refractivity contribution in [1.29, 1.82) is 0 Å². The van der Waals surface area contributed by atoms with Crippen LogP contribution in [0.4, 0.5) is 0 Å². The van der Waals surface area contributed by atoms with E-state index in [9.17, 15) is 4.79 Å². The van der Waals surface area contributed by atoms with Gasteiger partial charge in [0.15, 0.2) is 0 Å². The molecule has 23 heavy (non-hydrogen) atoms. The highest BCUT2D eigenvalue weighted by atomic mass is 32.1. The molecule has 1 atom stereocenters. The summed E-state index contributed by atoms with van der Waals surface area (Å²) in [5.41, 5.74) is 1.29. The van der Waals surface area contributed by atoms with Gasteiger partial charge in [-0.1, -0.05) is 6.92 Å². The Morgan fingerprint density at radius 3 is 3.04 bits per heavy atom. The first-order chi connectivity index (χ1) is 11.0. The van der Waals surface area contributed by atoms with Crippen LogP contribution in [0.2, 0.25) is 0 Å². The SMILES string of the molecule is CC1CCc2c(sc3nc(CNCCCN(C)C)[nH]c(=O)c23)C1. The number of hydrogen-bond acceptors (Lipinski definition) is 5. The molecule has 2 aromatic rings. The zero-order valence-electron chi connectivity index (χ0n) is 14.2. The fourth-order valence-electron chi connectivity index (χ4n) is 3.20. The maximum absolute atomic E-state index is 12.5. The Morgan fingerprint density at radius 2 is 2.26 bits per heavy atom. The van der Waals surface area contributed by atoms with Gasteiger partial charge < -0.3 is 15.2 Å². The maximum atomic E-state index is 12.5. The van der Waals surface area contributed by atoms with Gasteiger partial charge in [-0.2, -0.15) is 0 Å². The van der Waals surface area contributed by atoms with Crippen molar-refractivity contribution in [3.8, 4) is 0 Å². The Morgan fingerprint density at radius 1 is 1.43 bits per heavy atom. The highest BCUT2D eigenvalue weighted by molar-refractivity contribution is 7.18. The Labute approximate surface area is 141 Å². The third-order valence-corrected chi connectivity index (χ3v) is 5.61. The van der Waals surface area contributed by atoms with Gasteiger partial charge in [-0.25, -0.2) is 4.98 Å². The van der Waals surface area contributed by atoms with Gasteiger partial charge in [0.05, 0.1) is 11.9 Å². The van der Waals surface area contributed by atoms with Crippen LogP contribution in [0.3, 0.4) is 0 Å². The van der Waals surface area contributed by atoms with Crippen LogP contribution in [0.5, 0.6) is 0 Å². The van der Waals surface area contributed by atoms with Crippen molar-refractivity contribution in [3.63, 3.8) is 0 Å². The van der Waals surface area contributed by atoms with Gasteiger partial charge in [-0.15, -0.1) is 11.3 Å². The molecule has 0 fully saturated rings. The summed E-state index contributed by atoms with van der Waals surface area (Å²) in [7, 11) is 4.15. The molecule has 0 saturated heterocycles. The van der Waals surface area contributed by atoms with E-state index in [1.54, 1.807) is 11.3 Å². The smallest absolute Gasteiger partial charge is 0.259 e. The number of thiophene rings is 1. The molecule has 2 aromatic heterocycles. The van der Waals surface area contributed by atoms with Gasteiger partial charge in [0.1, 0.15) is 10.7 Å². The van der Waals surface area contributed by atoms with Crippen molar-refractivity contribution in [2.75, 3.05) is 27.2 Å². The Kier molecular flexibility index (Phi) is 5.14. The average molecular weight is 334 g/mol. The summed E-state index contributed by atoms with van der Waals surface area (Å²) in [5.74, 6) is 1.46. The summed E-state index contributed by atoms with van der Waals surface area (Å²) < 4.78 is 0. The topological polar surface area (TPSA) is 61.0 Å². The van der Waals surface area contributed by atoms with Crippen LogP contribution in [0, 0.1) is 5.92 Å². The van der Waals surface area contributed by atoms with E-state index < -0.39 is 0 Å². The van der Waals surface area contributed by atoms with Gasteiger partial charge in [0.2, 0.25) is 0 Å². The lowest BCUT2D eigenvalue weighted by Crippen LogP contribution is -2.23. The first-order valence-electron chi connectivity index (χ1n) is 8.43. The standard InChI is InChI=1S/C17H26N4OS/c1-11-5-6-12-13(9-11)23-17-15(12)16(22)19-14(20-17)10-18-7-4-8-21(2)3/h11,18H,4-10H2,1-3H3,(H,19,20,22). The van der Waals surface area contributed by atoms with Crippen molar-refractivity contribution >= 4 is 21.6 Å². The van der Waals surface area contributed by atoms with Gasteiger partial charge in [-0.05, 0) is 64.3 Å². The van der Waals surface area contributed by atoms with Crippen molar-refractivity contribution in [2.45, 2.75) is 39.2 Å². The van der Waals surface area contributed by atoms with Crippen LogP contribution in [0.15, 0.2) is 4.79 Å². The lowest BCUT2D eigenvalue weighted by molar-refractivity contribution is 0.394. The zero-order valence-corrected chi connectivity index (χ0v) is 15.1. The molecule has 6 heteroatoms. The quantitative estimate of drug-likeness (QED) is 0.795. The fraction of sp³-hybridized carbons (Fsp3) is 0.647. The fourth-order valence-corrected chi connectivity index (χ4v) is 4.61. The summed E-state index contributed by atoms with van der Waals surface area (Å²) in [5, 5.41) is 4.20. The highest BCUT2D eigenvalue weighted by Crippen LogP contribution is 2.35. The van der Waals surface area contributed by atoms with Crippen LogP contribution in [-0.2, 0) is 19.4 Å². The lowest BCUT2D eigenvalue weighted by Gasteiger charge is -2.17. The molecule has 0 amide bonds. The first-order valence-corrected chi connectivity index (χ1v) is 9.25. The van der Waals surface area contributed by atoms with E-state index in [0.717, 1.165) is 48.4 Å². The third kappa shape index (κ3) is 3.82. The van der Waals surface area contributed by atoms with Crippen LogP contribution in [-0.4, -0.2) is 42.1 Å². The molecule has 1 aliphatic carbocycles. The van der Waals surface area contributed by atoms with E-state index in [1.165, 1.54) is 16.9 Å². The molecule has 0 radical (unpaired) electrons. The minimum absolute atomic E-state index is 0.0344. The van der Waals surface area contributed by atoms with Gasteiger partial charge in [0, 0.05) is 4.88 Å². The monoisotopic (exact) mass is 334 g/mol. The summed E-state index contributed by atoms with van der Waals surface area (Å²) in [4.78, 5) is 24.6. The van der Waals surface area contributed by atoms with E-state index in [-0.39, 0.29) is 5.56 Å². The number of fused-ring (bicyclic) bond motifs is 3. The molecule has 2 heterocycles. The van der Waals surface area contributed by atoms with Gasteiger partial charge in [-0.3, -0.25) is 4.79 Å².